The number of likely N-dealkylation sites (N-methyl/N-ethyl adjacent to an activating group) is 1. The van der Waals surface area contributed by atoms with E-state index in [1.54, 1.807) is 6.92 Å². The molecule has 0 saturated carbocycles. The molecule has 100 valence electrons. The molecule has 1 rings (SSSR count). The van der Waals surface area contributed by atoms with E-state index < -0.39 is 11.7 Å². The second-order valence-corrected chi connectivity index (χ2v) is 3.77. The van der Waals surface area contributed by atoms with Crippen LogP contribution in [0, 0.1) is 0 Å². The van der Waals surface area contributed by atoms with Gasteiger partial charge in [0, 0.05) is 12.7 Å². The fourth-order valence-corrected chi connectivity index (χ4v) is 1.38. The van der Waals surface area contributed by atoms with Gasteiger partial charge in [0.15, 0.2) is 0 Å². The first-order chi connectivity index (χ1) is 8.34. The van der Waals surface area contributed by atoms with E-state index in [1.807, 2.05) is 0 Å². The molecule has 0 saturated heterocycles. The Morgan fingerprint density at radius 3 is 2.67 bits per heavy atom. The minimum absolute atomic E-state index is 0.0379. The Bertz CT molecular complexity index is 437. The number of anilines is 1. The first-order valence-electron chi connectivity index (χ1n) is 5.08. The average molecular weight is 282 g/mol. The maximum Gasteiger partial charge on any atom is 0.417 e. The van der Waals surface area contributed by atoms with Gasteiger partial charge in [-0.05, 0) is 13.0 Å². The topological polar surface area (TPSA) is 54.0 Å². The van der Waals surface area contributed by atoms with Crippen LogP contribution in [-0.4, -0.2) is 24.0 Å². The first-order valence-corrected chi connectivity index (χ1v) is 5.45. The SMILES string of the molecule is CCNC(=O)CNc1ncc(C(F)(F)F)cc1Cl. The van der Waals surface area contributed by atoms with Gasteiger partial charge in [0.1, 0.15) is 5.82 Å². The quantitative estimate of drug-likeness (QED) is 0.890. The van der Waals surface area contributed by atoms with E-state index in [4.69, 9.17) is 11.6 Å². The lowest BCUT2D eigenvalue weighted by atomic mass is 10.3. The van der Waals surface area contributed by atoms with Crippen molar-refractivity contribution in [2.45, 2.75) is 13.1 Å². The van der Waals surface area contributed by atoms with Crippen LogP contribution in [0.25, 0.3) is 0 Å². The van der Waals surface area contributed by atoms with Crippen LogP contribution in [0.3, 0.4) is 0 Å². The van der Waals surface area contributed by atoms with Gasteiger partial charge in [-0.1, -0.05) is 11.6 Å². The molecule has 18 heavy (non-hydrogen) atoms. The molecule has 0 aromatic carbocycles. The summed E-state index contributed by atoms with van der Waals surface area (Å²) >= 11 is 5.64. The third-order valence-electron chi connectivity index (χ3n) is 1.96. The summed E-state index contributed by atoms with van der Waals surface area (Å²) in [6.07, 6.45) is -3.83. The molecule has 0 spiro atoms. The largest absolute Gasteiger partial charge is 0.417 e. The molecule has 1 aromatic heterocycles. The summed E-state index contributed by atoms with van der Waals surface area (Å²) in [4.78, 5) is 14.7. The molecular weight excluding hydrogens is 271 g/mol. The van der Waals surface area contributed by atoms with Gasteiger partial charge < -0.3 is 10.6 Å². The van der Waals surface area contributed by atoms with Gasteiger partial charge in [-0.2, -0.15) is 13.2 Å². The van der Waals surface area contributed by atoms with Gasteiger partial charge in [0.2, 0.25) is 5.91 Å². The zero-order valence-corrected chi connectivity index (χ0v) is 10.2. The molecule has 0 aliphatic carbocycles. The van der Waals surface area contributed by atoms with Crippen molar-refractivity contribution in [3.05, 3.63) is 22.8 Å². The number of hydrogen-bond donors (Lipinski definition) is 2. The normalized spacial score (nSPS) is 11.2. The number of aromatic nitrogens is 1. The Labute approximate surface area is 107 Å². The van der Waals surface area contributed by atoms with E-state index in [9.17, 15) is 18.0 Å². The van der Waals surface area contributed by atoms with Crippen LogP contribution in [-0.2, 0) is 11.0 Å². The lowest BCUT2D eigenvalue weighted by Gasteiger charge is -2.10. The fraction of sp³-hybridized carbons (Fsp3) is 0.400. The molecule has 0 unspecified atom stereocenters. The van der Waals surface area contributed by atoms with Crippen LogP contribution >= 0.6 is 11.6 Å². The summed E-state index contributed by atoms with van der Waals surface area (Å²) in [6, 6.07) is 0.759. The number of carbonyl (C=O) groups excluding carboxylic acids is 1. The van der Waals surface area contributed by atoms with E-state index >= 15 is 0 Å². The van der Waals surface area contributed by atoms with Crippen LogP contribution in [0.5, 0.6) is 0 Å². The molecule has 2 N–H and O–H groups in total. The zero-order chi connectivity index (χ0) is 13.8. The summed E-state index contributed by atoms with van der Waals surface area (Å²) < 4.78 is 37.0. The summed E-state index contributed by atoms with van der Waals surface area (Å²) in [5.74, 6) is -0.258. The highest BCUT2D eigenvalue weighted by Gasteiger charge is 2.31. The number of amides is 1. The molecule has 4 nitrogen and oxygen atoms in total. The molecule has 0 aliphatic heterocycles. The van der Waals surface area contributed by atoms with Crippen molar-refractivity contribution < 1.29 is 18.0 Å². The summed E-state index contributed by atoms with van der Waals surface area (Å²) in [7, 11) is 0. The van der Waals surface area contributed by atoms with Crippen LogP contribution in [0.15, 0.2) is 12.3 Å². The van der Waals surface area contributed by atoms with Crippen molar-refractivity contribution in [3.63, 3.8) is 0 Å². The molecule has 0 aliphatic rings. The lowest BCUT2D eigenvalue weighted by molar-refractivity contribution is -0.137. The van der Waals surface area contributed by atoms with Crippen molar-refractivity contribution in [1.82, 2.24) is 10.3 Å². The van der Waals surface area contributed by atoms with Gasteiger partial charge >= 0.3 is 6.18 Å². The van der Waals surface area contributed by atoms with Crippen LogP contribution in [0.4, 0.5) is 19.0 Å². The third kappa shape index (κ3) is 4.06. The molecular formula is C10H11ClF3N3O. The standard InChI is InChI=1S/C10H11ClF3N3O/c1-2-15-8(18)5-17-9-7(11)3-6(4-16-9)10(12,13)14/h3-4H,2,5H2,1H3,(H,15,18)(H,16,17). The Morgan fingerprint density at radius 1 is 1.50 bits per heavy atom. The van der Waals surface area contributed by atoms with Crippen molar-refractivity contribution in [3.8, 4) is 0 Å². The number of nitrogens with one attached hydrogen (secondary N) is 2. The molecule has 1 amide bonds. The Balaban J connectivity index is 2.72. The number of alkyl halides is 3. The predicted octanol–water partition coefficient (Wildman–Crippen LogP) is 2.30. The van der Waals surface area contributed by atoms with Crippen molar-refractivity contribution in [2.24, 2.45) is 0 Å². The van der Waals surface area contributed by atoms with Crippen molar-refractivity contribution in [1.29, 1.82) is 0 Å². The maximum absolute atomic E-state index is 12.3. The summed E-state index contributed by atoms with van der Waals surface area (Å²) in [5.41, 5.74) is -0.934. The van der Waals surface area contributed by atoms with E-state index in [0.717, 1.165) is 6.07 Å². The summed E-state index contributed by atoms with van der Waals surface area (Å²) in [6.45, 7) is 2.11. The monoisotopic (exact) mass is 281 g/mol. The molecule has 0 fully saturated rings. The number of halogens is 4. The van der Waals surface area contributed by atoms with Crippen LogP contribution in [0.1, 0.15) is 12.5 Å². The van der Waals surface area contributed by atoms with Gasteiger partial charge in [-0.15, -0.1) is 0 Å². The highest BCUT2D eigenvalue weighted by Crippen LogP contribution is 2.32. The second-order valence-electron chi connectivity index (χ2n) is 3.36. The molecule has 1 aromatic rings. The van der Waals surface area contributed by atoms with E-state index in [-0.39, 0.29) is 23.3 Å². The number of rotatable bonds is 4. The lowest BCUT2D eigenvalue weighted by Crippen LogP contribution is -2.29. The van der Waals surface area contributed by atoms with Crippen LogP contribution < -0.4 is 10.6 Å². The van der Waals surface area contributed by atoms with Crippen LogP contribution in [0.2, 0.25) is 5.02 Å². The Morgan fingerprint density at radius 2 is 2.17 bits per heavy atom. The predicted molar refractivity (Wildman–Crippen MR) is 61.4 cm³/mol. The fourth-order valence-electron chi connectivity index (χ4n) is 1.15. The molecule has 0 atom stereocenters. The Kier molecular flexibility index (Phi) is 4.77. The molecule has 0 bridgehead atoms. The Hall–Kier alpha value is -1.50. The number of hydrogen-bond acceptors (Lipinski definition) is 3. The maximum atomic E-state index is 12.3. The molecule has 1 heterocycles. The van der Waals surface area contributed by atoms with Crippen molar-refractivity contribution in [2.75, 3.05) is 18.4 Å². The smallest absolute Gasteiger partial charge is 0.360 e. The van der Waals surface area contributed by atoms with Crippen molar-refractivity contribution >= 4 is 23.3 Å². The minimum atomic E-state index is -4.49. The highest BCUT2D eigenvalue weighted by molar-refractivity contribution is 6.33. The zero-order valence-electron chi connectivity index (χ0n) is 9.44. The molecule has 0 radical (unpaired) electrons. The van der Waals surface area contributed by atoms with E-state index in [0.29, 0.717) is 12.7 Å². The van der Waals surface area contributed by atoms with E-state index in [1.165, 1.54) is 0 Å². The highest BCUT2D eigenvalue weighted by atomic mass is 35.5. The van der Waals surface area contributed by atoms with Gasteiger partial charge in [-0.3, -0.25) is 4.79 Å². The van der Waals surface area contributed by atoms with Gasteiger partial charge in [0.25, 0.3) is 0 Å². The van der Waals surface area contributed by atoms with Gasteiger partial charge in [-0.25, -0.2) is 4.98 Å². The van der Waals surface area contributed by atoms with E-state index in [2.05, 4.69) is 15.6 Å². The molecule has 8 heteroatoms. The number of nitrogens with zero attached hydrogens (tertiary/aromatic N) is 1. The minimum Gasteiger partial charge on any atom is -0.360 e. The third-order valence-corrected chi connectivity index (χ3v) is 2.25. The summed E-state index contributed by atoms with van der Waals surface area (Å²) in [5, 5.41) is 4.89. The number of pyridine rings is 1. The average Bonchev–Trinajstić information content (AvgIpc) is 2.26. The second kappa shape index (κ2) is 5.90. The first kappa shape index (κ1) is 14.6. The van der Waals surface area contributed by atoms with Gasteiger partial charge in [0.05, 0.1) is 17.1 Å². The number of carbonyl (C=O) groups is 1.